The fourth-order valence-electron chi connectivity index (χ4n) is 3.18. The fourth-order valence-corrected chi connectivity index (χ4v) is 4.85. The molecule has 0 bridgehead atoms. The Labute approximate surface area is 170 Å². The van der Waals surface area contributed by atoms with Gasteiger partial charge in [-0.2, -0.15) is 0 Å². The number of rotatable bonds is 6. The molecule has 1 aromatic heterocycles. The topological polar surface area (TPSA) is 106 Å². The van der Waals surface area contributed by atoms with Crippen LogP contribution in [0.3, 0.4) is 0 Å². The van der Waals surface area contributed by atoms with Crippen LogP contribution < -0.4 is 15.5 Å². The second kappa shape index (κ2) is 8.28. The Morgan fingerprint density at radius 2 is 1.72 bits per heavy atom. The Balaban J connectivity index is 1.55. The van der Waals surface area contributed by atoms with Crippen molar-refractivity contribution in [1.82, 2.24) is 9.99 Å². The second-order valence-corrected chi connectivity index (χ2v) is 9.51. The highest BCUT2D eigenvalue weighted by molar-refractivity contribution is 7.91. The molecule has 29 heavy (non-hydrogen) atoms. The lowest BCUT2D eigenvalue weighted by atomic mass is 10.2. The molecule has 2 N–H and O–H groups in total. The van der Waals surface area contributed by atoms with Crippen LogP contribution in [-0.4, -0.2) is 48.6 Å². The standard InChI is InChI=1S/C20H25N3O5S/c1-13-4-5-14(2)23(13)22-20(25)16-6-8-18(9-7-16)28-15(3)19(24)21-17-10-11-29(26,27)12-17/h4-9,15,17H,10-12H2,1-3H3,(H,21,24)(H,22,25)/t15-,17+/m1/s1. The number of aromatic nitrogens is 1. The third-order valence-electron chi connectivity index (χ3n) is 4.86. The van der Waals surface area contributed by atoms with Gasteiger partial charge in [0.05, 0.1) is 11.5 Å². The third kappa shape index (κ3) is 5.17. The lowest BCUT2D eigenvalue weighted by molar-refractivity contribution is -0.127. The SMILES string of the molecule is Cc1ccc(C)n1NC(=O)c1ccc(O[C@H](C)C(=O)N[C@H]2CCS(=O)(=O)C2)cc1. The van der Waals surface area contributed by atoms with Gasteiger partial charge in [-0.1, -0.05) is 0 Å². The monoisotopic (exact) mass is 419 g/mol. The Morgan fingerprint density at radius 1 is 1.10 bits per heavy atom. The molecule has 0 spiro atoms. The predicted octanol–water partition coefficient (Wildman–Crippen LogP) is 1.56. The fraction of sp³-hybridized carbons (Fsp3) is 0.400. The minimum Gasteiger partial charge on any atom is -0.481 e. The number of carbonyl (C=O) groups is 2. The van der Waals surface area contributed by atoms with E-state index in [0.29, 0.717) is 17.7 Å². The number of nitrogens with zero attached hydrogens (tertiary/aromatic N) is 1. The summed E-state index contributed by atoms with van der Waals surface area (Å²) < 4.78 is 30.3. The van der Waals surface area contributed by atoms with Crippen LogP contribution in [0.5, 0.6) is 5.75 Å². The molecule has 0 aliphatic carbocycles. The van der Waals surface area contributed by atoms with Crippen molar-refractivity contribution in [1.29, 1.82) is 0 Å². The first kappa shape index (κ1) is 20.9. The average Bonchev–Trinajstić information content (AvgIpc) is 3.17. The molecule has 2 aromatic rings. The van der Waals surface area contributed by atoms with Gasteiger partial charge in [0, 0.05) is 23.0 Å². The molecule has 3 rings (SSSR count). The van der Waals surface area contributed by atoms with Gasteiger partial charge < -0.3 is 10.1 Å². The van der Waals surface area contributed by atoms with Gasteiger partial charge in [0.15, 0.2) is 15.9 Å². The molecule has 1 aliphatic heterocycles. The Bertz CT molecular complexity index is 992. The minimum atomic E-state index is -3.06. The maximum Gasteiger partial charge on any atom is 0.270 e. The summed E-state index contributed by atoms with van der Waals surface area (Å²) in [7, 11) is -3.06. The quantitative estimate of drug-likeness (QED) is 0.739. The zero-order chi connectivity index (χ0) is 21.2. The van der Waals surface area contributed by atoms with Crippen molar-refractivity contribution in [2.45, 2.75) is 39.3 Å². The largest absolute Gasteiger partial charge is 0.481 e. The predicted molar refractivity (Wildman–Crippen MR) is 109 cm³/mol. The van der Waals surface area contributed by atoms with Crippen LogP contribution in [0.4, 0.5) is 0 Å². The van der Waals surface area contributed by atoms with Gasteiger partial charge in [0.1, 0.15) is 5.75 Å². The molecule has 8 nitrogen and oxygen atoms in total. The van der Waals surface area contributed by atoms with Gasteiger partial charge >= 0.3 is 0 Å². The van der Waals surface area contributed by atoms with Gasteiger partial charge in [0.2, 0.25) is 0 Å². The number of carbonyl (C=O) groups excluding carboxylic acids is 2. The number of hydrogen-bond donors (Lipinski definition) is 2. The Morgan fingerprint density at radius 3 is 2.28 bits per heavy atom. The number of sulfone groups is 1. The molecule has 1 aromatic carbocycles. The van der Waals surface area contributed by atoms with Crippen LogP contribution in [0.2, 0.25) is 0 Å². The molecule has 0 radical (unpaired) electrons. The average molecular weight is 420 g/mol. The number of amides is 2. The summed E-state index contributed by atoms with van der Waals surface area (Å²) >= 11 is 0. The van der Waals surface area contributed by atoms with E-state index in [2.05, 4.69) is 10.7 Å². The van der Waals surface area contributed by atoms with Crippen LogP contribution in [0.1, 0.15) is 35.1 Å². The van der Waals surface area contributed by atoms with E-state index in [4.69, 9.17) is 4.74 Å². The first-order valence-corrected chi connectivity index (χ1v) is 11.2. The number of ether oxygens (including phenoxy) is 1. The molecule has 2 atom stereocenters. The van der Waals surface area contributed by atoms with Gasteiger partial charge in [-0.3, -0.25) is 19.7 Å². The maximum absolute atomic E-state index is 12.4. The van der Waals surface area contributed by atoms with Crippen molar-refractivity contribution in [3.8, 4) is 5.75 Å². The zero-order valence-corrected chi connectivity index (χ0v) is 17.5. The third-order valence-corrected chi connectivity index (χ3v) is 6.63. The van der Waals surface area contributed by atoms with Gasteiger partial charge in [0.25, 0.3) is 11.8 Å². The summed E-state index contributed by atoms with van der Waals surface area (Å²) in [5.41, 5.74) is 5.12. The molecule has 2 heterocycles. The van der Waals surface area contributed by atoms with Crippen molar-refractivity contribution in [2.24, 2.45) is 0 Å². The van der Waals surface area contributed by atoms with Crippen molar-refractivity contribution < 1.29 is 22.7 Å². The van der Waals surface area contributed by atoms with E-state index in [-0.39, 0.29) is 29.4 Å². The minimum absolute atomic E-state index is 0.0321. The lowest BCUT2D eigenvalue weighted by Crippen LogP contribution is -2.43. The number of nitrogens with one attached hydrogen (secondary N) is 2. The summed E-state index contributed by atoms with van der Waals surface area (Å²) in [5.74, 6) is -0.120. The van der Waals surface area contributed by atoms with E-state index in [0.717, 1.165) is 11.4 Å². The van der Waals surface area contributed by atoms with E-state index in [1.54, 1.807) is 35.9 Å². The normalized spacial score (nSPS) is 18.8. The van der Waals surface area contributed by atoms with E-state index >= 15 is 0 Å². The molecule has 1 saturated heterocycles. The molecule has 2 amide bonds. The smallest absolute Gasteiger partial charge is 0.270 e. The van der Waals surface area contributed by atoms with E-state index in [1.807, 2.05) is 26.0 Å². The van der Waals surface area contributed by atoms with Crippen LogP contribution >= 0.6 is 0 Å². The van der Waals surface area contributed by atoms with E-state index in [9.17, 15) is 18.0 Å². The highest BCUT2D eigenvalue weighted by atomic mass is 32.2. The summed E-state index contributed by atoms with van der Waals surface area (Å²) in [4.78, 5) is 24.7. The van der Waals surface area contributed by atoms with Crippen molar-refractivity contribution in [3.05, 3.63) is 53.3 Å². The summed E-state index contributed by atoms with van der Waals surface area (Å²) in [6, 6.07) is 9.94. The van der Waals surface area contributed by atoms with Gasteiger partial charge in [-0.05, 0) is 63.6 Å². The number of hydrogen-bond acceptors (Lipinski definition) is 5. The zero-order valence-electron chi connectivity index (χ0n) is 16.6. The lowest BCUT2D eigenvalue weighted by Gasteiger charge is -2.17. The second-order valence-electron chi connectivity index (χ2n) is 7.29. The van der Waals surface area contributed by atoms with E-state index in [1.165, 1.54) is 0 Å². The molecule has 1 aliphatic rings. The highest BCUT2D eigenvalue weighted by Gasteiger charge is 2.30. The Hall–Kier alpha value is -2.81. The number of benzene rings is 1. The summed E-state index contributed by atoms with van der Waals surface area (Å²) in [6.45, 7) is 5.40. The first-order chi connectivity index (χ1) is 13.6. The molecule has 0 saturated carbocycles. The van der Waals surface area contributed by atoms with Crippen molar-refractivity contribution in [3.63, 3.8) is 0 Å². The maximum atomic E-state index is 12.4. The highest BCUT2D eigenvalue weighted by Crippen LogP contribution is 2.16. The molecular weight excluding hydrogens is 394 g/mol. The molecule has 9 heteroatoms. The van der Waals surface area contributed by atoms with Crippen molar-refractivity contribution in [2.75, 3.05) is 16.9 Å². The van der Waals surface area contributed by atoms with Crippen molar-refractivity contribution >= 4 is 21.7 Å². The molecule has 0 unspecified atom stereocenters. The van der Waals surface area contributed by atoms with Crippen LogP contribution in [0.15, 0.2) is 36.4 Å². The van der Waals surface area contributed by atoms with Gasteiger partial charge in [-0.25, -0.2) is 8.42 Å². The van der Waals surface area contributed by atoms with Crippen LogP contribution in [0.25, 0.3) is 0 Å². The first-order valence-electron chi connectivity index (χ1n) is 9.38. The Kier molecular flexibility index (Phi) is 5.97. The van der Waals surface area contributed by atoms with Crippen LogP contribution in [0, 0.1) is 13.8 Å². The molecular formula is C20H25N3O5S. The van der Waals surface area contributed by atoms with E-state index < -0.39 is 15.9 Å². The number of aryl methyl sites for hydroxylation is 2. The van der Waals surface area contributed by atoms with Crippen LogP contribution in [-0.2, 0) is 14.6 Å². The molecule has 1 fully saturated rings. The summed E-state index contributed by atoms with van der Waals surface area (Å²) in [6.07, 6.45) is -0.367. The molecule has 156 valence electrons. The summed E-state index contributed by atoms with van der Waals surface area (Å²) in [5, 5.41) is 2.71. The van der Waals surface area contributed by atoms with Gasteiger partial charge in [-0.15, -0.1) is 0 Å².